The number of aromatic nitrogens is 3. The Morgan fingerprint density at radius 2 is 2.17 bits per heavy atom. The quantitative estimate of drug-likeness (QED) is 0.567. The average molecular weight is 263 g/mol. The van der Waals surface area contributed by atoms with Crippen molar-refractivity contribution in [2.45, 2.75) is 13.5 Å². The Hall–Kier alpha value is -2.15. The molecule has 0 aliphatic carbocycles. The normalized spacial score (nSPS) is 10.3. The molecule has 4 N–H and O–H groups in total. The van der Waals surface area contributed by atoms with Crippen LogP contribution in [0.2, 0.25) is 0 Å². The van der Waals surface area contributed by atoms with Gasteiger partial charge in [-0.15, -0.1) is 0 Å². The number of benzene rings is 1. The van der Waals surface area contributed by atoms with Gasteiger partial charge in [0.1, 0.15) is 0 Å². The zero-order chi connectivity index (χ0) is 13.1. The molecule has 0 bridgehead atoms. The van der Waals surface area contributed by atoms with Crippen molar-refractivity contribution in [3.8, 4) is 0 Å². The Balaban J connectivity index is 2.02. The predicted molar refractivity (Wildman–Crippen MR) is 69.9 cm³/mol. The Labute approximate surface area is 109 Å². The van der Waals surface area contributed by atoms with Crippen LogP contribution in [-0.2, 0) is 6.54 Å². The lowest BCUT2D eigenvalue weighted by atomic mass is 10.1. The van der Waals surface area contributed by atoms with Gasteiger partial charge in [0.2, 0.25) is 4.77 Å². The van der Waals surface area contributed by atoms with Gasteiger partial charge in [0, 0.05) is 5.56 Å². The van der Waals surface area contributed by atoms with Crippen LogP contribution in [0.4, 0.5) is 0 Å². The van der Waals surface area contributed by atoms with Gasteiger partial charge in [0.05, 0.1) is 6.54 Å². The average Bonchev–Trinajstić information content (AvgIpc) is 2.68. The summed E-state index contributed by atoms with van der Waals surface area (Å²) in [6.07, 6.45) is 0. The first-order chi connectivity index (χ1) is 8.58. The Bertz CT molecular complexity index is 613. The van der Waals surface area contributed by atoms with Crippen molar-refractivity contribution in [3.05, 3.63) is 46.0 Å². The van der Waals surface area contributed by atoms with Gasteiger partial charge >= 0.3 is 0 Å². The van der Waals surface area contributed by atoms with E-state index in [1.54, 1.807) is 12.1 Å². The van der Waals surface area contributed by atoms with Gasteiger partial charge in [-0.25, -0.2) is 4.68 Å². The molecule has 7 heteroatoms. The first kappa shape index (κ1) is 12.3. The van der Waals surface area contributed by atoms with Crippen LogP contribution in [0.1, 0.15) is 21.7 Å². The van der Waals surface area contributed by atoms with Gasteiger partial charge in [-0.05, 0) is 31.3 Å². The van der Waals surface area contributed by atoms with Crippen LogP contribution < -0.4 is 11.2 Å². The molecule has 2 aromatic rings. The third-order valence-corrected chi connectivity index (χ3v) is 2.79. The second kappa shape index (κ2) is 5.01. The van der Waals surface area contributed by atoms with Crippen molar-refractivity contribution in [2.75, 3.05) is 5.84 Å². The number of amides is 1. The van der Waals surface area contributed by atoms with E-state index in [0.717, 1.165) is 5.56 Å². The molecule has 1 amide bonds. The molecule has 0 saturated heterocycles. The number of hydrogen-bond donors (Lipinski definition) is 3. The van der Waals surface area contributed by atoms with Crippen LogP contribution >= 0.6 is 12.2 Å². The molecular weight excluding hydrogens is 250 g/mol. The van der Waals surface area contributed by atoms with Gasteiger partial charge in [0.25, 0.3) is 5.91 Å². The van der Waals surface area contributed by atoms with Crippen molar-refractivity contribution < 1.29 is 4.79 Å². The Kier molecular flexibility index (Phi) is 3.42. The maximum Gasteiger partial charge on any atom is 0.251 e. The van der Waals surface area contributed by atoms with Crippen molar-refractivity contribution in [1.82, 2.24) is 20.2 Å². The van der Waals surface area contributed by atoms with Crippen LogP contribution in [0.15, 0.2) is 24.3 Å². The molecule has 0 unspecified atom stereocenters. The van der Waals surface area contributed by atoms with E-state index in [4.69, 9.17) is 18.1 Å². The number of nitrogens with two attached hydrogens (primary N) is 1. The molecule has 0 atom stereocenters. The molecule has 0 aliphatic heterocycles. The topological polar surface area (TPSA) is 88.7 Å². The molecule has 94 valence electrons. The molecule has 1 aromatic carbocycles. The fourth-order valence-corrected chi connectivity index (χ4v) is 1.58. The van der Waals surface area contributed by atoms with Crippen LogP contribution in [0.5, 0.6) is 0 Å². The van der Waals surface area contributed by atoms with Crippen LogP contribution in [0, 0.1) is 11.7 Å². The molecule has 18 heavy (non-hydrogen) atoms. The van der Waals surface area contributed by atoms with Crippen LogP contribution in [0.3, 0.4) is 0 Å². The minimum absolute atomic E-state index is 0.177. The van der Waals surface area contributed by atoms with E-state index in [2.05, 4.69) is 15.5 Å². The number of aromatic amines is 1. The standard InChI is InChI=1S/C11H13N5OS/c1-7-2-4-8(5-3-7)10(17)13-6-9-14-15-11(18)16(9)12/h2-5H,6,12H2,1H3,(H,13,17)(H,15,18). The van der Waals surface area contributed by atoms with Crippen molar-refractivity contribution in [1.29, 1.82) is 0 Å². The highest BCUT2D eigenvalue weighted by Crippen LogP contribution is 2.03. The molecule has 6 nitrogen and oxygen atoms in total. The number of nitrogens with zero attached hydrogens (tertiary/aromatic N) is 2. The Morgan fingerprint density at radius 3 is 2.72 bits per heavy atom. The van der Waals surface area contributed by atoms with Crippen LogP contribution in [-0.4, -0.2) is 20.8 Å². The number of carbonyl (C=O) groups is 1. The summed E-state index contributed by atoms with van der Waals surface area (Å²) < 4.78 is 1.54. The molecule has 1 aromatic heterocycles. The van der Waals surface area contributed by atoms with E-state index in [-0.39, 0.29) is 12.5 Å². The Morgan fingerprint density at radius 1 is 1.50 bits per heavy atom. The highest BCUT2D eigenvalue weighted by atomic mass is 32.1. The second-order valence-electron chi connectivity index (χ2n) is 3.86. The predicted octanol–water partition coefficient (Wildman–Crippen LogP) is 0.893. The highest BCUT2D eigenvalue weighted by molar-refractivity contribution is 7.71. The van der Waals surface area contributed by atoms with E-state index >= 15 is 0 Å². The smallest absolute Gasteiger partial charge is 0.251 e. The van der Waals surface area contributed by atoms with E-state index in [1.807, 2.05) is 19.1 Å². The SMILES string of the molecule is Cc1ccc(C(=O)NCc2n[nH]c(=S)n2N)cc1. The zero-order valence-corrected chi connectivity index (χ0v) is 10.6. The summed E-state index contributed by atoms with van der Waals surface area (Å²) in [7, 11) is 0. The third kappa shape index (κ3) is 2.57. The van der Waals surface area contributed by atoms with Gasteiger partial charge in [-0.1, -0.05) is 17.7 Å². The summed E-state index contributed by atoms with van der Waals surface area (Å²) in [5.74, 6) is 5.91. The molecule has 0 spiro atoms. The molecule has 0 fully saturated rings. The molecular formula is C11H13N5OS. The lowest BCUT2D eigenvalue weighted by molar-refractivity contribution is 0.0949. The number of aryl methyl sites for hydroxylation is 1. The van der Waals surface area contributed by atoms with Crippen LogP contribution in [0.25, 0.3) is 0 Å². The van der Waals surface area contributed by atoms with Gasteiger partial charge in [-0.3, -0.25) is 9.89 Å². The summed E-state index contributed by atoms with van der Waals surface area (Å²) in [5.41, 5.74) is 1.70. The molecule has 0 aliphatic rings. The van der Waals surface area contributed by atoms with Crippen molar-refractivity contribution >= 4 is 18.1 Å². The van der Waals surface area contributed by atoms with Crippen molar-refractivity contribution in [3.63, 3.8) is 0 Å². The van der Waals surface area contributed by atoms with Gasteiger partial charge in [-0.2, -0.15) is 5.10 Å². The van der Waals surface area contributed by atoms with E-state index in [9.17, 15) is 4.79 Å². The second-order valence-corrected chi connectivity index (χ2v) is 4.25. The fraction of sp³-hybridized carbons (Fsp3) is 0.182. The summed E-state index contributed by atoms with van der Waals surface area (Å²) >= 11 is 4.87. The number of H-pyrrole nitrogens is 1. The van der Waals surface area contributed by atoms with E-state index in [0.29, 0.717) is 16.2 Å². The fourth-order valence-electron chi connectivity index (χ4n) is 1.43. The number of hydrogen-bond acceptors (Lipinski definition) is 4. The number of nitrogen functional groups attached to an aromatic ring is 1. The lowest BCUT2D eigenvalue weighted by Gasteiger charge is -2.04. The summed E-state index contributed by atoms with van der Waals surface area (Å²) in [5, 5.41) is 9.17. The number of nitrogens with one attached hydrogen (secondary N) is 2. The highest BCUT2D eigenvalue weighted by Gasteiger charge is 2.07. The maximum absolute atomic E-state index is 11.8. The summed E-state index contributed by atoms with van der Waals surface area (Å²) in [6, 6.07) is 7.30. The molecule has 2 rings (SSSR count). The monoisotopic (exact) mass is 263 g/mol. The first-order valence-corrected chi connectivity index (χ1v) is 5.75. The number of carbonyl (C=O) groups excluding carboxylic acids is 1. The van der Waals surface area contributed by atoms with Gasteiger partial charge < -0.3 is 11.2 Å². The third-order valence-electron chi connectivity index (χ3n) is 2.50. The minimum Gasteiger partial charge on any atom is -0.345 e. The minimum atomic E-state index is -0.177. The lowest BCUT2D eigenvalue weighted by Crippen LogP contribution is -2.26. The largest absolute Gasteiger partial charge is 0.345 e. The van der Waals surface area contributed by atoms with Crippen molar-refractivity contribution in [2.24, 2.45) is 0 Å². The number of rotatable bonds is 3. The van der Waals surface area contributed by atoms with E-state index in [1.165, 1.54) is 4.68 Å². The summed E-state index contributed by atoms with van der Waals surface area (Å²) in [4.78, 5) is 11.8. The molecule has 1 heterocycles. The molecule has 0 radical (unpaired) electrons. The molecule has 0 saturated carbocycles. The van der Waals surface area contributed by atoms with Gasteiger partial charge in [0.15, 0.2) is 5.82 Å². The summed E-state index contributed by atoms with van der Waals surface area (Å²) in [6.45, 7) is 2.18. The zero-order valence-electron chi connectivity index (χ0n) is 9.80. The van der Waals surface area contributed by atoms with E-state index < -0.39 is 0 Å². The first-order valence-electron chi connectivity index (χ1n) is 5.34. The maximum atomic E-state index is 11.8.